The maximum Gasteiger partial charge on any atom is 0.255 e. The van der Waals surface area contributed by atoms with Gasteiger partial charge in [0, 0.05) is 30.5 Å². The quantitative estimate of drug-likeness (QED) is 0.901. The van der Waals surface area contributed by atoms with Crippen molar-refractivity contribution in [1.29, 1.82) is 0 Å². The van der Waals surface area contributed by atoms with E-state index in [-0.39, 0.29) is 18.0 Å². The van der Waals surface area contributed by atoms with Gasteiger partial charge in [0.25, 0.3) is 5.56 Å². The van der Waals surface area contributed by atoms with E-state index in [1.807, 2.05) is 36.9 Å². The molecule has 3 rings (SSSR count). The Labute approximate surface area is 152 Å². The highest BCUT2D eigenvalue weighted by Crippen LogP contribution is 2.17. The van der Waals surface area contributed by atoms with E-state index >= 15 is 0 Å². The zero-order chi connectivity index (χ0) is 18.7. The lowest BCUT2D eigenvalue weighted by molar-refractivity contribution is -0.116. The second-order valence-corrected chi connectivity index (χ2v) is 6.59. The van der Waals surface area contributed by atoms with Gasteiger partial charge in [0.05, 0.1) is 13.2 Å². The van der Waals surface area contributed by atoms with Crippen LogP contribution in [0.5, 0.6) is 0 Å². The van der Waals surface area contributed by atoms with Crippen molar-refractivity contribution in [2.24, 2.45) is 0 Å². The molecule has 0 atom stereocenters. The lowest BCUT2D eigenvalue weighted by Crippen LogP contribution is -2.41. The third kappa shape index (κ3) is 4.11. The Kier molecular flexibility index (Phi) is 5.37. The molecule has 26 heavy (non-hydrogen) atoms. The first-order valence-electron chi connectivity index (χ1n) is 8.72. The van der Waals surface area contributed by atoms with E-state index in [1.54, 1.807) is 6.92 Å². The summed E-state index contributed by atoms with van der Waals surface area (Å²) in [6.45, 7) is 8.08. The predicted octanol–water partition coefficient (Wildman–Crippen LogP) is 1.64. The summed E-state index contributed by atoms with van der Waals surface area (Å²) in [7, 11) is 0. The number of aryl methyl sites for hydroxylation is 3. The van der Waals surface area contributed by atoms with Gasteiger partial charge in [-0.15, -0.1) is 0 Å². The summed E-state index contributed by atoms with van der Waals surface area (Å²) in [5, 5.41) is 2.90. The lowest BCUT2D eigenvalue weighted by Gasteiger charge is -2.29. The van der Waals surface area contributed by atoms with Crippen LogP contribution in [-0.4, -0.2) is 41.8 Å². The minimum Gasteiger partial charge on any atom is -0.378 e. The Morgan fingerprint density at radius 2 is 1.92 bits per heavy atom. The first kappa shape index (κ1) is 18.1. The maximum atomic E-state index is 12.6. The molecule has 7 nitrogen and oxygen atoms in total. The number of rotatable bonds is 4. The van der Waals surface area contributed by atoms with Crippen LogP contribution in [0.15, 0.2) is 29.1 Å². The molecular formula is C19H24N4O3. The minimum atomic E-state index is -0.249. The SMILES string of the molecule is Cc1ccc(C)c(NC(=O)Cn2c(N3CCOCC3)nc(C)cc2=O)c1. The molecule has 1 aliphatic heterocycles. The molecule has 7 heteroatoms. The van der Waals surface area contributed by atoms with Crippen molar-refractivity contribution >= 4 is 17.5 Å². The third-order valence-corrected chi connectivity index (χ3v) is 4.38. The van der Waals surface area contributed by atoms with E-state index < -0.39 is 0 Å². The van der Waals surface area contributed by atoms with Gasteiger partial charge in [0.1, 0.15) is 6.54 Å². The number of hydrogen-bond acceptors (Lipinski definition) is 5. The normalized spacial score (nSPS) is 14.3. The predicted molar refractivity (Wildman–Crippen MR) is 101 cm³/mol. The van der Waals surface area contributed by atoms with Crippen LogP contribution in [0.4, 0.5) is 11.6 Å². The fourth-order valence-corrected chi connectivity index (χ4v) is 2.96. The highest BCUT2D eigenvalue weighted by Gasteiger charge is 2.19. The average Bonchev–Trinajstić information content (AvgIpc) is 2.61. The molecule has 1 aromatic heterocycles. The van der Waals surface area contributed by atoms with E-state index in [9.17, 15) is 9.59 Å². The van der Waals surface area contributed by atoms with Crippen LogP contribution in [0.3, 0.4) is 0 Å². The molecule has 1 N–H and O–H groups in total. The van der Waals surface area contributed by atoms with Crippen molar-refractivity contribution in [3.05, 3.63) is 51.4 Å². The number of nitrogens with zero attached hydrogens (tertiary/aromatic N) is 3. The minimum absolute atomic E-state index is 0.0772. The summed E-state index contributed by atoms with van der Waals surface area (Å²) in [6.07, 6.45) is 0. The number of aromatic nitrogens is 2. The molecule has 2 heterocycles. The summed E-state index contributed by atoms with van der Waals surface area (Å²) in [5.74, 6) is 0.273. The van der Waals surface area contributed by atoms with Crippen molar-refractivity contribution in [2.75, 3.05) is 36.5 Å². The van der Waals surface area contributed by atoms with Gasteiger partial charge in [-0.25, -0.2) is 4.98 Å². The number of carbonyl (C=O) groups excluding carboxylic acids is 1. The summed E-state index contributed by atoms with van der Waals surface area (Å²) >= 11 is 0. The molecule has 0 radical (unpaired) electrons. The van der Waals surface area contributed by atoms with Crippen LogP contribution in [0.1, 0.15) is 16.8 Å². The number of hydrogen-bond donors (Lipinski definition) is 1. The zero-order valence-corrected chi connectivity index (χ0v) is 15.4. The number of benzene rings is 1. The molecule has 1 saturated heterocycles. The van der Waals surface area contributed by atoms with Crippen LogP contribution in [0.25, 0.3) is 0 Å². The third-order valence-electron chi connectivity index (χ3n) is 4.38. The van der Waals surface area contributed by atoms with E-state index in [0.29, 0.717) is 37.9 Å². The van der Waals surface area contributed by atoms with Crippen molar-refractivity contribution < 1.29 is 9.53 Å². The van der Waals surface area contributed by atoms with Crippen LogP contribution in [0.2, 0.25) is 0 Å². The summed E-state index contributed by atoms with van der Waals surface area (Å²) < 4.78 is 6.80. The van der Waals surface area contributed by atoms with Gasteiger partial charge < -0.3 is 15.0 Å². The van der Waals surface area contributed by atoms with Gasteiger partial charge in [0.15, 0.2) is 0 Å². The summed E-state index contributed by atoms with van der Waals surface area (Å²) in [4.78, 5) is 31.6. The monoisotopic (exact) mass is 356 g/mol. The first-order valence-corrected chi connectivity index (χ1v) is 8.72. The van der Waals surface area contributed by atoms with Crippen molar-refractivity contribution in [3.63, 3.8) is 0 Å². The van der Waals surface area contributed by atoms with Crippen molar-refractivity contribution in [2.45, 2.75) is 27.3 Å². The number of ether oxygens (including phenoxy) is 1. The Balaban J connectivity index is 1.85. The molecule has 0 unspecified atom stereocenters. The Hall–Kier alpha value is -2.67. The number of morpholine rings is 1. The van der Waals surface area contributed by atoms with Gasteiger partial charge >= 0.3 is 0 Å². The molecule has 1 aromatic carbocycles. The van der Waals surface area contributed by atoms with Crippen LogP contribution >= 0.6 is 0 Å². The fraction of sp³-hybridized carbons (Fsp3) is 0.421. The smallest absolute Gasteiger partial charge is 0.255 e. The molecule has 0 bridgehead atoms. The topological polar surface area (TPSA) is 76.5 Å². The molecule has 0 spiro atoms. The molecule has 0 aliphatic carbocycles. The average molecular weight is 356 g/mol. The van der Waals surface area contributed by atoms with E-state index in [2.05, 4.69) is 10.3 Å². The van der Waals surface area contributed by atoms with E-state index in [4.69, 9.17) is 4.74 Å². The van der Waals surface area contributed by atoms with Crippen LogP contribution in [0, 0.1) is 20.8 Å². The first-order chi connectivity index (χ1) is 12.4. The van der Waals surface area contributed by atoms with Gasteiger partial charge in [-0.3, -0.25) is 14.2 Å². The summed E-state index contributed by atoms with van der Waals surface area (Å²) in [5.41, 5.74) is 3.22. The number of amides is 1. The highest BCUT2D eigenvalue weighted by molar-refractivity contribution is 5.91. The van der Waals surface area contributed by atoms with Crippen molar-refractivity contribution in [1.82, 2.24) is 9.55 Å². The largest absolute Gasteiger partial charge is 0.378 e. The maximum absolute atomic E-state index is 12.6. The molecule has 1 fully saturated rings. The molecule has 2 aromatic rings. The summed E-state index contributed by atoms with van der Waals surface area (Å²) in [6, 6.07) is 7.33. The highest BCUT2D eigenvalue weighted by atomic mass is 16.5. The molecule has 0 saturated carbocycles. The fourth-order valence-electron chi connectivity index (χ4n) is 2.96. The molecule has 1 aliphatic rings. The number of carbonyl (C=O) groups is 1. The molecular weight excluding hydrogens is 332 g/mol. The van der Waals surface area contributed by atoms with Gasteiger partial charge in [-0.05, 0) is 38.0 Å². The lowest BCUT2D eigenvalue weighted by atomic mass is 10.1. The molecule has 138 valence electrons. The zero-order valence-electron chi connectivity index (χ0n) is 15.4. The Bertz CT molecular complexity index is 870. The van der Waals surface area contributed by atoms with Gasteiger partial charge in [-0.1, -0.05) is 12.1 Å². The van der Waals surface area contributed by atoms with Crippen molar-refractivity contribution in [3.8, 4) is 0 Å². The number of anilines is 2. The van der Waals surface area contributed by atoms with Crippen LogP contribution in [-0.2, 0) is 16.1 Å². The van der Waals surface area contributed by atoms with Gasteiger partial charge in [0.2, 0.25) is 11.9 Å². The van der Waals surface area contributed by atoms with E-state index in [1.165, 1.54) is 10.6 Å². The second kappa shape index (κ2) is 7.70. The number of nitrogens with one attached hydrogen (secondary N) is 1. The Morgan fingerprint density at radius 1 is 1.19 bits per heavy atom. The Morgan fingerprint density at radius 3 is 2.65 bits per heavy atom. The molecule has 1 amide bonds. The van der Waals surface area contributed by atoms with E-state index in [0.717, 1.165) is 16.8 Å². The standard InChI is InChI=1S/C19H24N4O3/c1-13-4-5-14(2)16(10-13)21-17(24)12-23-18(25)11-15(3)20-19(23)22-6-8-26-9-7-22/h4-5,10-11H,6-9,12H2,1-3H3,(H,21,24). The second-order valence-electron chi connectivity index (χ2n) is 6.59. The van der Waals surface area contributed by atoms with Crippen LogP contribution < -0.4 is 15.8 Å². The van der Waals surface area contributed by atoms with Gasteiger partial charge in [-0.2, -0.15) is 0 Å².